The smallest absolute Gasteiger partial charge is 0.416 e. The molecule has 5 aliphatic rings. The molecule has 16 aromatic rings. The van der Waals surface area contributed by atoms with Crippen molar-refractivity contribution < 1.29 is 41.7 Å². The largest absolute Gasteiger partial charge is 0.497 e. The third kappa shape index (κ3) is 25.3. The molecule has 5 aliphatic heterocycles. The standard InChI is InChI=1S/C25H17Cl2F3N2O2.C24H27ClN2OS2.C23H25ClN2OS2.2C22H23ClN2OS2/c26-16-9-10-20-18(13-16)17-11-12-32(24(33)34-21-4-2-1-3-19(21)27)23(22(17)31-20)14-5-7-15(8-6-14)25(28,29)30;1-15(2)11-13-30-24(29)27-12-10-19-20-14-17(25)6-9-21(20)26-22(19)23(27)16-4-7-18(28-3)8-5-16;1-3-4-13-29-23(28)26-12-11-18-19-14-16(24)7-10-20(19)25-21(18)22(26)15-5-8-17(27-2)9-6-15;1-13(2)28-22(27)25-11-10-17-18-12-15(23)6-9-19(18)24-20(17)21(25)14-4-7-16(26-3)8-5-14;1-3-12-28-22(27)25-11-10-17-18-13-15(23)6-9-19(18)24-20(17)21(25)14-4-7-16(26-2)8-5-14/h1-10,13,23,31H,11-12H2;4-9,14-15,23,26H,10-13H2,1-3H3;5-10,14,22,25H,3-4,11-13H2,1-2H3;4-9,12-13,21,24H,10-11H2,1-3H3;4-9,13,21,24H,3,10-12H2,1-2H3. The molecule has 21 rings (SSSR count). The van der Waals surface area contributed by atoms with Crippen molar-refractivity contribution in [1.82, 2.24) is 49.4 Å². The van der Waals surface area contributed by atoms with Crippen molar-refractivity contribution in [1.29, 1.82) is 0 Å². The number of benzene rings is 11. The molecule has 776 valence electrons. The average molecular weight is 2270 g/mol. The molecular weight excluding hydrogens is 2160 g/mol. The molecule has 0 bridgehead atoms. The van der Waals surface area contributed by atoms with E-state index >= 15 is 0 Å². The number of unbranched alkanes of at least 4 members (excludes halogenated alkanes) is 1. The number of aromatic amines is 5. The monoisotopic (exact) mass is 2270 g/mol. The summed E-state index contributed by atoms with van der Waals surface area (Å²) in [6.07, 6.45) is 3.86. The van der Waals surface area contributed by atoms with Gasteiger partial charge >= 0.3 is 12.3 Å². The molecule has 1 amide bonds. The summed E-state index contributed by atoms with van der Waals surface area (Å²) in [5.41, 5.74) is 21.8. The minimum atomic E-state index is -4.46. The molecule has 0 aliphatic carbocycles. The maximum absolute atomic E-state index is 13.2. The molecule has 0 radical (unpaired) electrons. The summed E-state index contributed by atoms with van der Waals surface area (Å²) in [6.45, 7) is 17.2. The van der Waals surface area contributed by atoms with E-state index in [0.717, 1.165) is 187 Å². The Labute approximate surface area is 936 Å². The van der Waals surface area contributed by atoms with Gasteiger partial charge in [0.2, 0.25) is 0 Å². The molecule has 0 saturated heterocycles. The van der Waals surface area contributed by atoms with Crippen molar-refractivity contribution in [3.8, 4) is 28.7 Å². The number of carbonyl (C=O) groups is 1. The molecule has 33 heteroatoms. The summed E-state index contributed by atoms with van der Waals surface area (Å²) < 4.78 is 70.3. The van der Waals surface area contributed by atoms with E-state index in [0.29, 0.717) is 40.4 Å². The summed E-state index contributed by atoms with van der Waals surface area (Å²) in [5.74, 6) is 7.48. The van der Waals surface area contributed by atoms with Crippen LogP contribution in [0.2, 0.25) is 30.1 Å². The number of nitrogens with one attached hydrogen (secondary N) is 5. The minimum absolute atomic E-state index is 0.0552. The molecule has 149 heavy (non-hydrogen) atoms. The predicted molar refractivity (Wildman–Crippen MR) is 634 cm³/mol. The van der Waals surface area contributed by atoms with Crippen LogP contribution in [-0.4, -0.2) is 156 Å². The lowest BCUT2D eigenvalue weighted by Gasteiger charge is -2.38. The van der Waals surface area contributed by atoms with E-state index in [1.165, 1.54) is 125 Å². The van der Waals surface area contributed by atoms with E-state index in [-0.39, 0.29) is 34.9 Å². The van der Waals surface area contributed by atoms with Gasteiger partial charge in [-0.2, -0.15) is 13.2 Å². The van der Waals surface area contributed by atoms with Gasteiger partial charge in [0.05, 0.1) is 63.2 Å². The molecule has 0 saturated carbocycles. The maximum Gasteiger partial charge on any atom is 0.416 e. The number of aromatic nitrogens is 5. The summed E-state index contributed by atoms with van der Waals surface area (Å²) in [5, 5.41) is 10.2. The molecule has 5 aromatic heterocycles. The van der Waals surface area contributed by atoms with E-state index < -0.39 is 23.9 Å². The number of fused-ring (bicyclic) bond motifs is 15. The minimum Gasteiger partial charge on any atom is -0.497 e. The Morgan fingerprint density at radius 1 is 0.369 bits per heavy atom. The number of thioether (sulfide) groups is 4. The van der Waals surface area contributed by atoms with Gasteiger partial charge in [-0.1, -0.05) is 286 Å². The third-order valence-corrected chi connectivity index (χ3v) is 35.0. The number of alkyl halides is 3. The highest BCUT2D eigenvalue weighted by Gasteiger charge is 2.42. The van der Waals surface area contributed by atoms with Crippen LogP contribution < -0.4 is 23.7 Å². The zero-order valence-corrected chi connectivity index (χ0v) is 95.0. The van der Waals surface area contributed by atoms with E-state index in [1.807, 2.05) is 84.9 Å². The highest BCUT2D eigenvalue weighted by molar-refractivity contribution is 8.24. The Balaban J connectivity index is 0.000000127. The molecule has 5 unspecified atom stereocenters. The predicted octanol–water partition coefficient (Wildman–Crippen LogP) is 33.5. The van der Waals surface area contributed by atoms with Crippen LogP contribution in [-0.2, 0) is 38.3 Å². The molecule has 11 aromatic carbocycles. The molecule has 10 heterocycles. The van der Waals surface area contributed by atoms with Crippen LogP contribution >= 0.6 is 166 Å². The van der Waals surface area contributed by atoms with Gasteiger partial charge in [0.25, 0.3) is 0 Å². The number of rotatable bonds is 19. The second-order valence-corrected chi connectivity index (χ2v) is 47.6. The lowest BCUT2D eigenvalue weighted by molar-refractivity contribution is -0.137. The Bertz CT molecular complexity index is 7500. The van der Waals surface area contributed by atoms with Crippen molar-refractivity contribution in [3.05, 3.63) is 356 Å². The second-order valence-electron chi connectivity index (χ2n) is 37.6. The molecule has 5 atom stereocenters. The summed E-state index contributed by atoms with van der Waals surface area (Å²) in [7, 11) is 6.77. The zero-order valence-electron chi connectivity index (χ0n) is 83.9. The Kier molecular flexibility index (Phi) is 36.9. The van der Waals surface area contributed by atoms with Crippen molar-refractivity contribution in [3.63, 3.8) is 0 Å². The molecular formula is C116H115Cl6F3N10O6S8. The number of hydrogen-bond donors (Lipinski definition) is 5. The van der Waals surface area contributed by atoms with E-state index in [2.05, 4.69) is 183 Å². The van der Waals surface area contributed by atoms with Crippen LogP contribution in [0.15, 0.2) is 237 Å². The molecule has 0 spiro atoms. The van der Waals surface area contributed by atoms with Gasteiger partial charge in [-0.3, -0.25) is 4.90 Å². The van der Waals surface area contributed by atoms with Gasteiger partial charge in [-0.05, 0) is 282 Å². The van der Waals surface area contributed by atoms with Gasteiger partial charge in [-0.25, -0.2) is 4.79 Å². The molecule has 0 fully saturated rings. The first kappa shape index (κ1) is 110. The number of ether oxygens (including phenoxy) is 5. The van der Waals surface area contributed by atoms with Crippen molar-refractivity contribution in [2.75, 3.05) is 78.4 Å². The lowest BCUT2D eigenvalue weighted by atomic mass is 9.92. The Morgan fingerprint density at radius 3 is 0.933 bits per heavy atom. The van der Waals surface area contributed by atoms with E-state index in [1.54, 1.807) is 106 Å². The number of hydrogen-bond acceptors (Lipinski definition) is 14. The molecule has 5 N–H and O–H groups in total. The van der Waals surface area contributed by atoms with E-state index in [4.69, 9.17) is 142 Å². The number of nitrogens with zero attached hydrogens (tertiary/aromatic N) is 5. The first-order valence-electron chi connectivity index (χ1n) is 49.6. The highest BCUT2D eigenvalue weighted by atomic mass is 35.5. The maximum atomic E-state index is 13.2. The second kappa shape index (κ2) is 49.9. The number of thiocarbonyl (C=S) groups is 4. The topological polar surface area (TPSA) is 158 Å². The number of carbonyl (C=O) groups excluding carboxylic acids is 1. The summed E-state index contributed by atoms with van der Waals surface area (Å²) in [6, 6.07) is 73.9. The number of para-hydroxylation sites is 1. The van der Waals surface area contributed by atoms with Crippen LogP contribution in [0.3, 0.4) is 0 Å². The van der Waals surface area contributed by atoms with Crippen molar-refractivity contribution in [2.45, 2.75) is 141 Å². The summed E-state index contributed by atoms with van der Waals surface area (Å²) >= 11 is 68.1. The summed E-state index contributed by atoms with van der Waals surface area (Å²) in [4.78, 5) is 42.2. The first-order chi connectivity index (χ1) is 71.9. The highest BCUT2D eigenvalue weighted by Crippen LogP contribution is 2.49. The van der Waals surface area contributed by atoms with Crippen molar-refractivity contribution in [2.24, 2.45) is 5.92 Å². The van der Waals surface area contributed by atoms with Gasteiger partial charge in [0.1, 0.15) is 46.3 Å². The first-order valence-corrected chi connectivity index (χ1v) is 57.4. The number of halogens is 9. The van der Waals surface area contributed by atoms with Crippen LogP contribution in [0.25, 0.3) is 54.5 Å². The lowest BCUT2D eigenvalue weighted by Crippen LogP contribution is -2.42. The number of amides is 1. The Morgan fingerprint density at radius 2 is 0.651 bits per heavy atom. The fourth-order valence-corrected chi connectivity index (χ4v) is 26.8. The van der Waals surface area contributed by atoms with Gasteiger partial charge in [-0.15, -0.1) is 0 Å². The fraction of sp³-hybridized carbons (Fsp3) is 0.302. The number of methoxy groups -OCH3 is 4. The quantitative estimate of drug-likeness (QED) is 0.0384. The zero-order chi connectivity index (χ0) is 105. The van der Waals surface area contributed by atoms with Gasteiger partial charge in [0.15, 0.2) is 5.75 Å². The number of H-pyrrole nitrogens is 5. The normalized spacial score (nSPS) is 16.2. The molecule has 16 nitrogen and oxygen atoms in total. The fourth-order valence-electron chi connectivity index (χ4n) is 20.1. The van der Waals surface area contributed by atoms with Crippen LogP contribution in [0, 0.1) is 5.92 Å². The van der Waals surface area contributed by atoms with Crippen LogP contribution in [0.1, 0.15) is 187 Å². The third-order valence-electron chi connectivity index (χ3n) is 27.3. The van der Waals surface area contributed by atoms with Gasteiger partial charge in [0, 0.05) is 158 Å². The van der Waals surface area contributed by atoms with Crippen LogP contribution in [0.5, 0.6) is 28.7 Å². The van der Waals surface area contributed by atoms with Crippen molar-refractivity contribution >= 4 is 243 Å². The van der Waals surface area contributed by atoms with E-state index in [9.17, 15) is 18.0 Å². The van der Waals surface area contributed by atoms with Gasteiger partial charge < -0.3 is 68.2 Å². The van der Waals surface area contributed by atoms with Crippen LogP contribution in [0.4, 0.5) is 18.0 Å². The Hall–Kier alpha value is -9.92. The average Bonchev–Trinajstić information content (AvgIpc) is 1.62. The SMILES string of the molecule is CCCCSC(=S)N1CCc2c([nH]c3ccc(Cl)cc23)C1c1ccc(OC)cc1.CCCSC(=S)N1CCc2c([nH]c3ccc(Cl)cc23)C1c1ccc(OC)cc1.COc1ccc(C2c3[nH]c4ccc(Cl)cc4c3CCN2C(=S)SC(C)C)cc1.COc1ccc(C2c3[nH]c4ccc(Cl)cc4c3CCN2C(=S)SCCC(C)C)cc1.O=C(Oc1ccccc1Cl)N1CCc2c([nH]c3ccc(Cl)cc23)C1c1ccc(C(F)(F)F)cc1.